The molecule has 0 bridgehead atoms. The van der Waals surface area contributed by atoms with Crippen molar-refractivity contribution < 1.29 is 19.1 Å². The lowest BCUT2D eigenvalue weighted by Crippen LogP contribution is -2.61. The highest BCUT2D eigenvalue weighted by molar-refractivity contribution is 5.85. The molecule has 0 radical (unpaired) electrons. The maximum Gasteiger partial charge on any atom is 0.324 e. The molecule has 0 aliphatic rings. The number of benzene rings is 4. The van der Waals surface area contributed by atoms with E-state index in [1.807, 2.05) is 128 Å². The molecule has 1 heterocycles. The highest BCUT2D eigenvalue weighted by Gasteiger charge is 2.42. The van der Waals surface area contributed by atoms with E-state index in [0.29, 0.717) is 6.42 Å². The van der Waals surface area contributed by atoms with Gasteiger partial charge in [-0.2, -0.15) is 0 Å². The minimum atomic E-state index is -0.920. The van der Waals surface area contributed by atoms with Crippen molar-refractivity contribution in [2.75, 3.05) is 14.2 Å². The molecule has 220 valence electrons. The minimum absolute atomic E-state index is 0.371. The number of rotatable bonds is 12. The fraction of sp³-hybridized carbons (Fsp3) is 0.222. The Labute approximate surface area is 252 Å². The Bertz CT molecular complexity index is 1540. The molecular formula is C36H37N3O4. The Morgan fingerprint density at radius 2 is 1.21 bits per heavy atom. The van der Waals surface area contributed by atoms with Gasteiger partial charge in [0.1, 0.15) is 12.1 Å². The SMILES string of the molecule is COC(=O)[C@H](Cc1c[nH]c2ccccc12)N[C@H](C)[C@H](NC(c1ccccc1)(c1ccccc1)c1ccccc1)C(=O)OC. The Morgan fingerprint density at radius 3 is 1.72 bits per heavy atom. The molecule has 3 N–H and O–H groups in total. The smallest absolute Gasteiger partial charge is 0.324 e. The molecule has 0 spiro atoms. The molecule has 5 rings (SSSR count). The number of aromatic nitrogens is 1. The molecule has 0 fully saturated rings. The maximum absolute atomic E-state index is 13.6. The lowest BCUT2D eigenvalue weighted by Gasteiger charge is -2.41. The Kier molecular flexibility index (Phi) is 9.35. The molecule has 3 atom stereocenters. The van der Waals surface area contributed by atoms with Crippen LogP contribution in [-0.4, -0.2) is 49.3 Å². The van der Waals surface area contributed by atoms with Gasteiger partial charge in [0.15, 0.2) is 0 Å². The Hall–Kier alpha value is -4.72. The minimum Gasteiger partial charge on any atom is -0.468 e. The molecule has 7 nitrogen and oxygen atoms in total. The summed E-state index contributed by atoms with van der Waals surface area (Å²) in [5, 5.41) is 8.17. The molecule has 5 aromatic rings. The van der Waals surface area contributed by atoms with E-state index >= 15 is 0 Å². The van der Waals surface area contributed by atoms with Crippen LogP contribution in [0.4, 0.5) is 0 Å². The number of carbonyl (C=O) groups excluding carboxylic acids is 2. The molecule has 0 unspecified atom stereocenters. The van der Waals surface area contributed by atoms with Crippen LogP contribution in [0, 0.1) is 0 Å². The van der Waals surface area contributed by atoms with Gasteiger partial charge in [0, 0.05) is 29.6 Å². The van der Waals surface area contributed by atoms with Crippen LogP contribution in [-0.2, 0) is 31.0 Å². The third kappa shape index (κ3) is 6.23. The summed E-state index contributed by atoms with van der Waals surface area (Å²) in [6.45, 7) is 1.88. The monoisotopic (exact) mass is 575 g/mol. The molecule has 0 saturated heterocycles. The number of ether oxygens (including phenoxy) is 2. The second kappa shape index (κ2) is 13.5. The highest BCUT2D eigenvalue weighted by atomic mass is 16.5. The summed E-state index contributed by atoms with van der Waals surface area (Å²) in [4.78, 5) is 30.0. The summed E-state index contributed by atoms with van der Waals surface area (Å²) in [5.74, 6) is -0.871. The van der Waals surface area contributed by atoms with E-state index in [4.69, 9.17) is 9.47 Å². The van der Waals surface area contributed by atoms with E-state index in [1.54, 1.807) is 0 Å². The molecule has 0 aliphatic carbocycles. The van der Waals surface area contributed by atoms with Crippen LogP contribution in [0.15, 0.2) is 121 Å². The first-order valence-corrected chi connectivity index (χ1v) is 14.4. The van der Waals surface area contributed by atoms with Gasteiger partial charge in [-0.25, -0.2) is 0 Å². The van der Waals surface area contributed by atoms with Crippen LogP contribution in [0.2, 0.25) is 0 Å². The zero-order valence-corrected chi connectivity index (χ0v) is 24.6. The topological polar surface area (TPSA) is 92.5 Å². The zero-order valence-electron chi connectivity index (χ0n) is 24.6. The summed E-state index contributed by atoms with van der Waals surface area (Å²) in [6, 6.07) is 36.0. The first-order valence-electron chi connectivity index (χ1n) is 14.4. The number of esters is 2. The van der Waals surface area contributed by atoms with Gasteiger partial charge in [-0.3, -0.25) is 20.2 Å². The number of hydrogen-bond donors (Lipinski definition) is 3. The molecule has 0 saturated carbocycles. The molecular weight excluding hydrogens is 538 g/mol. The number of H-pyrrole nitrogens is 1. The van der Waals surface area contributed by atoms with E-state index in [1.165, 1.54) is 14.2 Å². The summed E-state index contributed by atoms with van der Waals surface area (Å²) < 4.78 is 10.6. The van der Waals surface area contributed by atoms with Crippen molar-refractivity contribution in [1.82, 2.24) is 15.6 Å². The predicted molar refractivity (Wildman–Crippen MR) is 169 cm³/mol. The average Bonchev–Trinajstić information content (AvgIpc) is 3.48. The quantitative estimate of drug-likeness (QED) is 0.137. The van der Waals surface area contributed by atoms with E-state index in [-0.39, 0.29) is 0 Å². The van der Waals surface area contributed by atoms with Crippen LogP contribution < -0.4 is 10.6 Å². The van der Waals surface area contributed by atoms with Gasteiger partial charge in [0.2, 0.25) is 0 Å². The van der Waals surface area contributed by atoms with Crippen LogP contribution in [0.5, 0.6) is 0 Å². The van der Waals surface area contributed by atoms with E-state index < -0.39 is 35.6 Å². The Morgan fingerprint density at radius 1 is 0.721 bits per heavy atom. The summed E-state index contributed by atoms with van der Waals surface area (Å²) in [7, 11) is 2.75. The van der Waals surface area contributed by atoms with Crippen LogP contribution in [0.3, 0.4) is 0 Å². The van der Waals surface area contributed by atoms with Crippen molar-refractivity contribution in [2.24, 2.45) is 0 Å². The van der Waals surface area contributed by atoms with Gasteiger partial charge in [-0.05, 0) is 35.2 Å². The van der Waals surface area contributed by atoms with Gasteiger partial charge in [0.25, 0.3) is 0 Å². The van der Waals surface area contributed by atoms with E-state index in [0.717, 1.165) is 33.2 Å². The van der Waals surface area contributed by atoms with Crippen LogP contribution >= 0.6 is 0 Å². The molecule has 43 heavy (non-hydrogen) atoms. The third-order valence-corrected chi connectivity index (χ3v) is 8.00. The van der Waals surface area contributed by atoms with Crippen LogP contribution in [0.25, 0.3) is 10.9 Å². The highest BCUT2D eigenvalue weighted by Crippen LogP contribution is 2.37. The first-order chi connectivity index (χ1) is 21.0. The zero-order chi connectivity index (χ0) is 30.2. The normalized spacial score (nSPS) is 13.7. The molecule has 0 amide bonds. The maximum atomic E-state index is 13.6. The molecule has 1 aromatic heterocycles. The summed E-state index contributed by atoms with van der Waals surface area (Å²) in [6.07, 6.45) is 2.28. The number of carbonyl (C=O) groups is 2. The first kappa shape index (κ1) is 29.8. The van der Waals surface area contributed by atoms with E-state index in [9.17, 15) is 9.59 Å². The van der Waals surface area contributed by atoms with Crippen molar-refractivity contribution >= 4 is 22.8 Å². The fourth-order valence-electron chi connectivity index (χ4n) is 5.85. The number of fused-ring (bicyclic) bond motifs is 1. The van der Waals surface area contributed by atoms with E-state index in [2.05, 4.69) is 15.6 Å². The average molecular weight is 576 g/mol. The van der Waals surface area contributed by atoms with Gasteiger partial charge in [0.05, 0.1) is 19.8 Å². The second-order valence-electron chi connectivity index (χ2n) is 10.6. The van der Waals surface area contributed by atoms with Crippen molar-refractivity contribution in [3.8, 4) is 0 Å². The lowest BCUT2D eigenvalue weighted by molar-refractivity contribution is -0.146. The van der Waals surface area contributed by atoms with Crippen molar-refractivity contribution in [1.29, 1.82) is 0 Å². The standard InChI is InChI=1S/C36H37N3O4/c1-25(38-32(34(40)42-2)23-26-24-37-31-22-14-13-21-30(26)31)33(35(41)43-3)39-36(27-15-7-4-8-16-27,28-17-9-5-10-18-28)29-19-11-6-12-20-29/h4-22,24-25,32-33,37-39H,23H2,1-3H3/t25-,32+,33+/m1/s1. The van der Waals surface area contributed by atoms with Gasteiger partial charge < -0.3 is 14.5 Å². The summed E-state index contributed by atoms with van der Waals surface area (Å²) in [5.41, 5.74) is 3.91. The fourth-order valence-corrected chi connectivity index (χ4v) is 5.85. The third-order valence-electron chi connectivity index (χ3n) is 8.00. The predicted octanol–water partition coefficient (Wildman–Crippen LogP) is 5.35. The number of methoxy groups -OCH3 is 2. The molecule has 4 aromatic carbocycles. The van der Waals surface area contributed by atoms with Gasteiger partial charge in [-0.1, -0.05) is 109 Å². The van der Waals surface area contributed by atoms with Crippen molar-refractivity contribution in [3.05, 3.63) is 144 Å². The van der Waals surface area contributed by atoms with Crippen LogP contribution in [0.1, 0.15) is 29.2 Å². The number of aromatic amines is 1. The lowest BCUT2D eigenvalue weighted by atomic mass is 9.76. The van der Waals surface area contributed by atoms with Gasteiger partial charge >= 0.3 is 11.9 Å². The van der Waals surface area contributed by atoms with Gasteiger partial charge in [-0.15, -0.1) is 0 Å². The second-order valence-corrected chi connectivity index (χ2v) is 10.6. The summed E-state index contributed by atoms with van der Waals surface area (Å²) >= 11 is 0. The largest absolute Gasteiger partial charge is 0.468 e. The number of hydrogen-bond acceptors (Lipinski definition) is 6. The van der Waals surface area contributed by atoms with Crippen molar-refractivity contribution in [2.45, 2.75) is 37.0 Å². The Balaban J connectivity index is 1.56. The van der Waals surface area contributed by atoms with Crippen molar-refractivity contribution in [3.63, 3.8) is 0 Å². The molecule has 7 heteroatoms. The molecule has 0 aliphatic heterocycles. The number of nitrogens with one attached hydrogen (secondary N) is 3. The number of para-hydroxylation sites is 1.